The zero-order chi connectivity index (χ0) is 9.47. The maximum absolute atomic E-state index is 12.5. The molecule has 2 rings (SSSR count). The van der Waals surface area contributed by atoms with E-state index in [9.17, 15) is 4.39 Å². The Morgan fingerprint density at radius 2 is 2.08 bits per heavy atom. The van der Waals surface area contributed by atoms with Gasteiger partial charge in [-0.25, -0.2) is 4.39 Å². The Labute approximate surface area is 75.3 Å². The summed E-state index contributed by atoms with van der Waals surface area (Å²) in [6.07, 6.45) is 0. The van der Waals surface area contributed by atoms with Crippen molar-refractivity contribution in [3.8, 4) is 11.5 Å². The number of hydrogen-bond donors (Lipinski definition) is 1. The number of halogens is 1. The zero-order valence-corrected chi connectivity index (χ0v) is 7.21. The molecule has 0 saturated carbocycles. The molecule has 2 N–H and O–H groups in total. The molecule has 0 aliphatic carbocycles. The van der Waals surface area contributed by atoms with Gasteiger partial charge >= 0.3 is 0 Å². The predicted octanol–water partition coefficient (Wildman–Crippen LogP) is 1.73. The van der Waals surface area contributed by atoms with Crippen LogP contribution in [0.15, 0.2) is 18.2 Å². The minimum Gasteiger partial charge on any atom is -0.446 e. The lowest BCUT2D eigenvalue weighted by Crippen LogP contribution is -2.36. The number of fused-ring (bicyclic) bond motifs is 1. The number of ether oxygens (including phenoxy) is 2. The Bertz CT molecular complexity index is 342. The van der Waals surface area contributed by atoms with Gasteiger partial charge in [0.05, 0.1) is 0 Å². The number of alkyl halides is 1. The van der Waals surface area contributed by atoms with E-state index in [1.54, 1.807) is 25.1 Å². The fourth-order valence-corrected chi connectivity index (χ4v) is 1.23. The third-order valence-electron chi connectivity index (χ3n) is 1.86. The van der Waals surface area contributed by atoms with E-state index in [-0.39, 0.29) is 0 Å². The SMILES string of the molecule is CC1(CF)Oc2ccc(N)cc2O1. The Morgan fingerprint density at radius 1 is 1.38 bits per heavy atom. The molecule has 0 spiro atoms. The molecule has 0 radical (unpaired) electrons. The molecule has 1 heterocycles. The lowest BCUT2D eigenvalue weighted by molar-refractivity contribution is -0.0781. The monoisotopic (exact) mass is 183 g/mol. The van der Waals surface area contributed by atoms with Crippen LogP contribution in [0.2, 0.25) is 0 Å². The summed E-state index contributed by atoms with van der Waals surface area (Å²) in [6.45, 7) is 0.852. The minimum atomic E-state index is -1.18. The van der Waals surface area contributed by atoms with Crippen molar-refractivity contribution in [1.29, 1.82) is 0 Å². The normalized spacial score (nSPS) is 24.8. The molecule has 1 unspecified atom stereocenters. The van der Waals surface area contributed by atoms with Crippen molar-refractivity contribution in [2.45, 2.75) is 12.7 Å². The van der Waals surface area contributed by atoms with Crippen molar-refractivity contribution < 1.29 is 13.9 Å². The molecule has 0 saturated heterocycles. The molecular formula is C9H10FNO2. The number of benzene rings is 1. The summed E-state index contributed by atoms with van der Waals surface area (Å²) in [4.78, 5) is 0. The standard InChI is InChI=1S/C9H10FNO2/c1-9(5-10)12-7-3-2-6(11)4-8(7)13-9/h2-4H,5,11H2,1H3. The Morgan fingerprint density at radius 3 is 2.77 bits per heavy atom. The molecule has 1 aromatic carbocycles. The van der Waals surface area contributed by atoms with Crippen LogP contribution in [-0.2, 0) is 0 Å². The quantitative estimate of drug-likeness (QED) is 0.674. The van der Waals surface area contributed by atoms with E-state index in [2.05, 4.69) is 0 Å². The summed E-state index contributed by atoms with van der Waals surface area (Å²) in [7, 11) is 0. The summed E-state index contributed by atoms with van der Waals surface area (Å²) < 4.78 is 23.0. The van der Waals surface area contributed by atoms with E-state index in [0.29, 0.717) is 17.2 Å². The maximum atomic E-state index is 12.5. The highest BCUT2D eigenvalue weighted by Gasteiger charge is 2.36. The lowest BCUT2D eigenvalue weighted by atomic mass is 10.3. The number of rotatable bonds is 1. The molecule has 4 heteroatoms. The number of nitrogen functional groups attached to an aromatic ring is 1. The first-order chi connectivity index (χ1) is 6.13. The first kappa shape index (κ1) is 8.16. The van der Waals surface area contributed by atoms with Crippen LogP contribution in [0.5, 0.6) is 11.5 Å². The second-order valence-electron chi connectivity index (χ2n) is 3.18. The first-order valence-electron chi connectivity index (χ1n) is 3.96. The average molecular weight is 183 g/mol. The topological polar surface area (TPSA) is 44.5 Å². The van der Waals surface area contributed by atoms with E-state index >= 15 is 0 Å². The van der Waals surface area contributed by atoms with Crippen LogP contribution >= 0.6 is 0 Å². The zero-order valence-electron chi connectivity index (χ0n) is 7.21. The van der Waals surface area contributed by atoms with Crippen molar-refractivity contribution in [1.82, 2.24) is 0 Å². The molecular weight excluding hydrogens is 173 g/mol. The smallest absolute Gasteiger partial charge is 0.277 e. The summed E-state index contributed by atoms with van der Waals surface area (Å²) in [5.74, 6) is -0.148. The summed E-state index contributed by atoms with van der Waals surface area (Å²) >= 11 is 0. The van der Waals surface area contributed by atoms with Crippen LogP contribution in [-0.4, -0.2) is 12.5 Å². The van der Waals surface area contributed by atoms with Gasteiger partial charge in [0.25, 0.3) is 5.79 Å². The fourth-order valence-electron chi connectivity index (χ4n) is 1.23. The molecule has 0 amide bonds. The molecule has 1 atom stereocenters. The van der Waals surface area contributed by atoms with E-state index < -0.39 is 12.5 Å². The lowest BCUT2D eigenvalue weighted by Gasteiger charge is -2.18. The van der Waals surface area contributed by atoms with E-state index in [4.69, 9.17) is 15.2 Å². The van der Waals surface area contributed by atoms with Crippen molar-refractivity contribution in [3.63, 3.8) is 0 Å². The summed E-state index contributed by atoms with van der Waals surface area (Å²) in [6, 6.07) is 4.98. The predicted molar refractivity (Wildman–Crippen MR) is 46.5 cm³/mol. The Balaban J connectivity index is 2.35. The molecule has 70 valence electrons. The van der Waals surface area contributed by atoms with Crippen molar-refractivity contribution in [2.24, 2.45) is 0 Å². The average Bonchev–Trinajstić information content (AvgIpc) is 2.42. The second kappa shape index (κ2) is 2.52. The highest BCUT2D eigenvalue weighted by Crippen LogP contribution is 2.40. The van der Waals surface area contributed by atoms with Gasteiger partial charge in [-0.05, 0) is 12.1 Å². The second-order valence-corrected chi connectivity index (χ2v) is 3.18. The molecule has 3 nitrogen and oxygen atoms in total. The molecule has 0 bridgehead atoms. The van der Waals surface area contributed by atoms with Crippen molar-refractivity contribution in [3.05, 3.63) is 18.2 Å². The van der Waals surface area contributed by atoms with Gasteiger partial charge in [-0.3, -0.25) is 0 Å². The summed E-state index contributed by atoms with van der Waals surface area (Å²) in [5.41, 5.74) is 6.11. The number of anilines is 1. The van der Waals surface area contributed by atoms with Gasteiger partial charge in [0.15, 0.2) is 18.2 Å². The van der Waals surface area contributed by atoms with E-state index in [1.807, 2.05) is 0 Å². The minimum absolute atomic E-state index is 0.500. The first-order valence-corrected chi connectivity index (χ1v) is 3.96. The number of hydrogen-bond acceptors (Lipinski definition) is 3. The van der Waals surface area contributed by atoms with Gasteiger partial charge < -0.3 is 15.2 Å². The van der Waals surface area contributed by atoms with Crippen LogP contribution in [0.4, 0.5) is 10.1 Å². The van der Waals surface area contributed by atoms with Gasteiger partial charge in [-0.1, -0.05) is 0 Å². The maximum Gasteiger partial charge on any atom is 0.277 e. The number of nitrogens with two attached hydrogens (primary N) is 1. The van der Waals surface area contributed by atoms with Gasteiger partial charge in [-0.15, -0.1) is 0 Å². The highest BCUT2D eigenvalue weighted by atomic mass is 19.1. The molecule has 13 heavy (non-hydrogen) atoms. The van der Waals surface area contributed by atoms with Gasteiger partial charge in [0.2, 0.25) is 0 Å². The van der Waals surface area contributed by atoms with Crippen LogP contribution < -0.4 is 15.2 Å². The van der Waals surface area contributed by atoms with E-state index in [0.717, 1.165) is 0 Å². The Hall–Kier alpha value is -1.45. The molecule has 1 aliphatic heterocycles. The summed E-state index contributed by atoms with van der Waals surface area (Å²) in [5, 5.41) is 0. The van der Waals surface area contributed by atoms with Gasteiger partial charge in [-0.2, -0.15) is 0 Å². The van der Waals surface area contributed by atoms with Crippen LogP contribution in [0.3, 0.4) is 0 Å². The molecule has 1 aliphatic rings. The molecule has 1 aromatic rings. The molecule has 0 fully saturated rings. The highest BCUT2D eigenvalue weighted by molar-refractivity contribution is 5.53. The fraction of sp³-hybridized carbons (Fsp3) is 0.333. The van der Waals surface area contributed by atoms with Crippen molar-refractivity contribution >= 4 is 5.69 Å². The van der Waals surface area contributed by atoms with Crippen molar-refractivity contribution in [2.75, 3.05) is 12.4 Å². The molecule has 0 aromatic heterocycles. The van der Waals surface area contributed by atoms with Crippen LogP contribution in [0.25, 0.3) is 0 Å². The third-order valence-corrected chi connectivity index (χ3v) is 1.86. The van der Waals surface area contributed by atoms with Crippen LogP contribution in [0, 0.1) is 0 Å². The van der Waals surface area contributed by atoms with E-state index in [1.165, 1.54) is 0 Å². The Kier molecular flexibility index (Phi) is 1.58. The largest absolute Gasteiger partial charge is 0.446 e. The van der Waals surface area contributed by atoms with Crippen LogP contribution in [0.1, 0.15) is 6.92 Å². The van der Waals surface area contributed by atoms with Gasteiger partial charge in [0, 0.05) is 18.7 Å². The van der Waals surface area contributed by atoms with Gasteiger partial charge in [0.1, 0.15) is 0 Å². The third kappa shape index (κ3) is 1.28.